The minimum absolute atomic E-state index is 0.203. The molecule has 0 aliphatic carbocycles. The molecule has 0 aliphatic rings. The molecule has 0 unspecified atom stereocenters. The van der Waals surface area contributed by atoms with Crippen molar-refractivity contribution in [2.24, 2.45) is 7.05 Å². The number of nitrogens with zero attached hydrogens (tertiary/aromatic N) is 3. The Morgan fingerprint density at radius 1 is 1.69 bits per heavy atom. The van der Waals surface area contributed by atoms with Gasteiger partial charge >= 0.3 is 12.0 Å². The van der Waals surface area contributed by atoms with Crippen LogP contribution in [0, 0.1) is 0 Å². The zero-order valence-electron chi connectivity index (χ0n) is 7.56. The molecule has 6 heteroatoms. The summed E-state index contributed by atoms with van der Waals surface area (Å²) in [6.07, 6.45) is 1.72. The molecule has 6 nitrogen and oxygen atoms in total. The lowest BCUT2D eigenvalue weighted by atomic mass is 10.5. The van der Waals surface area contributed by atoms with Crippen LogP contribution in [-0.4, -0.2) is 34.5 Å². The molecule has 13 heavy (non-hydrogen) atoms. The van der Waals surface area contributed by atoms with E-state index in [2.05, 4.69) is 14.8 Å². The van der Waals surface area contributed by atoms with Gasteiger partial charge in [-0.3, -0.25) is 9.48 Å². The molecule has 0 saturated heterocycles. The summed E-state index contributed by atoms with van der Waals surface area (Å²) in [6.45, 7) is 0.233. The Kier molecular flexibility index (Phi) is 3.24. The molecule has 0 saturated carbocycles. The number of methoxy groups -OCH3 is 1. The van der Waals surface area contributed by atoms with Crippen LogP contribution in [-0.2, 0) is 16.6 Å². The normalized spacial score (nSPS) is 9.69. The third-order valence-corrected chi connectivity index (χ3v) is 1.34. The maximum absolute atomic E-state index is 10.7. The molecule has 0 bridgehead atoms. The second-order valence-corrected chi connectivity index (χ2v) is 2.38. The van der Waals surface area contributed by atoms with Crippen molar-refractivity contribution in [3.63, 3.8) is 0 Å². The molecule has 0 N–H and O–H groups in total. The van der Waals surface area contributed by atoms with Crippen LogP contribution in [0.5, 0.6) is 6.01 Å². The van der Waals surface area contributed by atoms with Gasteiger partial charge in [0.05, 0.1) is 13.5 Å². The van der Waals surface area contributed by atoms with Gasteiger partial charge in [0.15, 0.2) is 0 Å². The zero-order chi connectivity index (χ0) is 9.68. The molecule has 0 atom stereocenters. The van der Waals surface area contributed by atoms with Gasteiger partial charge in [-0.2, -0.15) is 4.98 Å². The van der Waals surface area contributed by atoms with Crippen LogP contribution < -0.4 is 4.74 Å². The van der Waals surface area contributed by atoms with E-state index in [0.29, 0.717) is 0 Å². The van der Waals surface area contributed by atoms with Gasteiger partial charge in [-0.25, -0.2) is 0 Å². The average molecular weight is 185 g/mol. The van der Waals surface area contributed by atoms with E-state index in [1.807, 2.05) is 0 Å². The van der Waals surface area contributed by atoms with Gasteiger partial charge in [0.25, 0.3) is 0 Å². The van der Waals surface area contributed by atoms with E-state index in [1.165, 1.54) is 18.1 Å². The van der Waals surface area contributed by atoms with Crippen molar-refractivity contribution in [1.82, 2.24) is 14.8 Å². The minimum atomic E-state index is -0.309. The molecular weight excluding hydrogens is 174 g/mol. The van der Waals surface area contributed by atoms with E-state index in [9.17, 15) is 4.79 Å². The zero-order valence-corrected chi connectivity index (χ0v) is 7.56. The summed E-state index contributed by atoms with van der Waals surface area (Å²) < 4.78 is 11.0. The van der Waals surface area contributed by atoms with E-state index >= 15 is 0 Å². The quantitative estimate of drug-likeness (QED) is 0.605. The molecule has 0 spiro atoms. The number of aryl methyl sites for hydroxylation is 1. The highest BCUT2D eigenvalue weighted by Crippen LogP contribution is 1.98. The van der Waals surface area contributed by atoms with E-state index in [-0.39, 0.29) is 25.0 Å². The fourth-order valence-corrected chi connectivity index (χ4v) is 0.713. The topological polar surface area (TPSA) is 66.2 Å². The molecule has 0 aromatic carbocycles. The number of carbonyl (C=O) groups is 1. The first-order valence-electron chi connectivity index (χ1n) is 3.77. The molecule has 1 aromatic heterocycles. The van der Waals surface area contributed by atoms with Crippen LogP contribution in [0.1, 0.15) is 6.42 Å². The maximum atomic E-state index is 10.7. The monoisotopic (exact) mass is 185 g/mol. The number of carbonyl (C=O) groups excluding carboxylic acids is 1. The number of ether oxygens (including phenoxy) is 2. The summed E-state index contributed by atoms with van der Waals surface area (Å²) in [5, 5.41) is 3.86. The van der Waals surface area contributed by atoms with E-state index < -0.39 is 0 Å². The maximum Gasteiger partial charge on any atom is 0.335 e. The first-order valence-corrected chi connectivity index (χ1v) is 3.77. The summed E-state index contributed by atoms with van der Waals surface area (Å²) in [5.41, 5.74) is 0. The Labute approximate surface area is 75.5 Å². The van der Waals surface area contributed by atoms with Crippen LogP contribution in [0.3, 0.4) is 0 Å². The standard InChI is InChI=1S/C7H11N3O3/c1-10-5-8-7(9-10)13-4-3-6(11)12-2/h5H,3-4H2,1-2H3. The second kappa shape index (κ2) is 4.44. The van der Waals surface area contributed by atoms with Gasteiger partial charge in [-0.05, 0) is 0 Å². The highest BCUT2D eigenvalue weighted by molar-refractivity contribution is 5.69. The van der Waals surface area contributed by atoms with Crippen LogP contribution in [0.2, 0.25) is 0 Å². The molecule has 1 rings (SSSR count). The Balaban J connectivity index is 2.24. The molecule has 1 heterocycles. The van der Waals surface area contributed by atoms with Gasteiger partial charge in [0.1, 0.15) is 12.9 Å². The highest BCUT2D eigenvalue weighted by atomic mass is 16.5. The Hall–Kier alpha value is -1.59. The third-order valence-electron chi connectivity index (χ3n) is 1.34. The minimum Gasteiger partial charge on any atom is -0.469 e. The lowest BCUT2D eigenvalue weighted by molar-refractivity contribution is -0.141. The molecule has 0 aliphatic heterocycles. The first kappa shape index (κ1) is 9.50. The molecule has 0 radical (unpaired) electrons. The number of esters is 1. The summed E-state index contributed by atoms with van der Waals surface area (Å²) in [5.74, 6) is -0.309. The summed E-state index contributed by atoms with van der Waals surface area (Å²) in [7, 11) is 3.07. The predicted octanol–water partition coefficient (Wildman–Crippen LogP) is -0.243. The lowest BCUT2D eigenvalue weighted by Gasteiger charge is -1.99. The van der Waals surface area contributed by atoms with E-state index in [0.717, 1.165) is 0 Å². The molecular formula is C7H11N3O3. The fraction of sp³-hybridized carbons (Fsp3) is 0.571. The number of hydrogen-bond acceptors (Lipinski definition) is 5. The molecule has 1 aromatic rings. The Bertz CT molecular complexity index is 284. The van der Waals surface area contributed by atoms with E-state index in [4.69, 9.17) is 4.74 Å². The van der Waals surface area contributed by atoms with Crippen molar-refractivity contribution in [3.05, 3.63) is 6.33 Å². The summed E-state index contributed by atoms with van der Waals surface area (Å²) in [6, 6.07) is 0.270. The van der Waals surface area contributed by atoms with Gasteiger partial charge in [-0.15, -0.1) is 5.10 Å². The summed E-state index contributed by atoms with van der Waals surface area (Å²) in [4.78, 5) is 14.5. The van der Waals surface area contributed by atoms with Crippen molar-refractivity contribution >= 4 is 5.97 Å². The number of hydrogen-bond donors (Lipinski definition) is 0. The third kappa shape index (κ3) is 3.10. The Morgan fingerprint density at radius 2 is 2.46 bits per heavy atom. The van der Waals surface area contributed by atoms with Crippen molar-refractivity contribution in [3.8, 4) is 6.01 Å². The number of rotatable bonds is 4. The van der Waals surface area contributed by atoms with Crippen molar-refractivity contribution in [2.75, 3.05) is 13.7 Å². The van der Waals surface area contributed by atoms with Crippen molar-refractivity contribution in [1.29, 1.82) is 0 Å². The van der Waals surface area contributed by atoms with Crippen LogP contribution in [0.15, 0.2) is 6.33 Å². The fourth-order valence-electron chi connectivity index (χ4n) is 0.713. The summed E-state index contributed by atoms with van der Waals surface area (Å²) >= 11 is 0. The SMILES string of the molecule is COC(=O)CCOc1ncn(C)n1. The largest absolute Gasteiger partial charge is 0.469 e. The van der Waals surface area contributed by atoms with E-state index in [1.54, 1.807) is 7.05 Å². The average Bonchev–Trinajstić information content (AvgIpc) is 2.51. The second-order valence-electron chi connectivity index (χ2n) is 2.38. The van der Waals surface area contributed by atoms with Gasteiger partial charge < -0.3 is 9.47 Å². The van der Waals surface area contributed by atoms with Gasteiger partial charge in [-0.1, -0.05) is 0 Å². The molecule has 72 valence electrons. The predicted molar refractivity (Wildman–Crippen MR) is 43.1 cm³/mol. The van der Waals surface area contributed by atoms with Crippen LogP contribution in [0.25, 0.3) is 0 Å². The van der Waals surface area contributed by atoms with Gasteiger partial charge in [0.2, 0.25) is 0 Å². The lowest BCUT2D eigenvalue weighted by Crippen LogP contribution is -2.08. The smallest absolute Gasteiger partial charge is 0.335 e. The number of aromatic nitrogens is 3. The van der Waals surface area contributed by atoms with Crippen molar-refractivity contribution < 1.29 is 14.3 Å². The highest BCUT2D eigenvalue weighted by Gasteiger charge is 2.02. The first-order chi connectivity index (χ1) is 6.22. The van der Waals surface area contributed by atoms with Crippen LogP contribution >= 0.6 is 0 Å². The molecule has 0 fully saturated rings. The van der Waals surface area contributed by atoms with Crippen molar-refractivity contribution in [2.45, 2.75) is 6.42 Å². The van der Waals surface area contributed by atoms with Crippen LogP contribution in [0.4, 0.5) is 0 Å². The Morgan fingerprint density at radius 3 is 3.00 bits per heavy atom. The molecule has 0 amide bonds. The van der Waals surface area contributed by atoms with Gasteiger partial charge in [0, 0.05) is 7.05 Å².